The van der Waals surface area contributed by atoms with Crippen molar-refractivity contribution in [3.63, 3.8) is 0 Å². The maximum Gasteiger partial charge on any atom is 0.326 e. The van der Waals surface area contributed by atoms with Crippen LogP contribution in [0.1, 0.15) is 10.4 Å². The molecule has 3 rings (SSSR count). The van der Waals surface area contributed by atoms with Gasteiger partial charge in [0.15, 0.2) is 5.78 Å². The van der Waals surface area contributed by atoms with E-state index in [4.69, 9.17) is 5.73 Å². The topological polar surface area (TPSA) is 116 Å². The number of halogens is 1. The molecule has 0 radical (unpaired) electrons. The number of carbonyl (C=O) groups is 2. The molecule has 1 heterocycles. The Balaban J connectivity index is 2.02. The SMILES string of the molecule is NC1N(c2ccc(F)cc2)N=CC1(C(=O)O)C(=O)c1cccc(O)c1. The summed E-state index contributed by atoms with van der Waals surface area (Å²) >= 11 is 0. The smallest absolute Gasteiger partial charge is 0.326 e. The van der Waals surface area contributed by atoms with Crippen LogP contribution in [0.2, 0.25) is 0 Å². The summed E-state index contributed by atoms with van der Waals surface area (Å²) in [5.74, 6) is -2.93. The molecule has 4 N–H and O–H groups in total. The van der Waals surface area contributed by atoms with Crippen molar-refractivity contribution in [2.75, 3.05) is 5.01 Å². The summed E-state index contributed by atoms with van der Waals surface area (Å²) in [6.45, 7) is 0. The fourth-order valence-corrected chi connectivity index (χ4v) is 2.67. The van der Waals surface area contributed by atoms with Gasteiger partial charge >= 0.3 is 5.97 Å². The van der Waals surface area contributed by atoms with Gasteiger partial charge in [0.2, 0.25) is 5.41 Å². The summed E-state index contributed by atoms with van der Waals surface area (Å²) in [5, 5.41) is 24.3. The van der Waals surface area contributed by atoms with Crippen LogP contribution in [-0.4, -0.2) is 34.3 Å². The summed E-state index contributed by atoms with van der Waals surface area (Å²) in [4.78, 5) is 24.8. The number of phenolic OH excluding ortho intramolecular Hbond substituents is 1. The number of hydrogen-bond donors (Lipinski definition) is 3. The number of ketones is 1. The van der Waals surface area contributed by atoms with E-state index in [1.165, 1.54) is 42.5 Å². The highest BCUT2D eigenvalue weighted by atomic mass is 19.1. The largest absolute Gasteiger partial charge is 0.508 e. The summed E-state index contributed by atoms with van der Waals surface area (Å²) in [5.41, 5.74) is 4.25. The molecule has 7 nitrogen and oxygen atoms in total. The van der Waals surface area contributed by atoms with E-state index < -0.39 is 29.2 Å². The van der Waals surface area contributed by atoms with Gasteiger partial charge in [0.1, 0.15) is 17.7 Å². The number of carboxylic acids is 1. The van der Waals surface area contributed by atoms with Crippen molar-refractivity contribution in [1.82, 2.24) is 0 Å². The second-order valence-corrected chi connectivity index (χ2v) is 5.56. The van der Waals surface area contributed by atoms with E-state index in [1.807, 2.05) is 0 Å². The van der Waals surface area contributed by atoms with E-state index in [-0.39, 0.29) is 11.3 Å². The van der Waals surface area contributed by atoms with Crippen LogP contribution in [0.25, 0.3) is 0 Å². The standard InChI is InChI=1S/C17H14FN3O4/c18-11-4-6-12(7-5-11)21-15(19)17(9-20-21,16(24)25)14(23)10-2-1-3-13(22)8-10/h1-9,15,22H,19H2,(H,24,25). The molecular formula is C17H14FN3O4. The number of aliphatic carboxylic acids is 1. The van der Waals surface area contributed by atoms with E-state index in [0.717, 1.165) is 17.3 Å². The minimum absolute atomic E-state index is 0.00902. The van der Waals surface area contributed by atoms with Crippen molar-refractivity contribution < 1.29 is 24.2 Å². The molecule has 0 bridgehead atoms. The first-order valence-electron chi connectivity index (χ1n) is 7.29. The lowest BCUT2D eigenvalue weighted by Crippen LogP contribution is -2.56. The normalized spacial score (nSPS) is 22.2. The van der Waals surface area contributed by atoms with Crippen molar-refractivity contribution in [2.45, 2.75) is 6.17 Å². The van der Waals surface area contributed by atoms with Crippen molar-refractivity contribution in [1.29, 1.82) is 0 Å². The molecule has 0 aromatic heterocycles. The van der Waals surface area contributed by atoms with Crippen LogP contribution in [0, 0.1) is 11.2 Å². The molecule has 2 aromatic rings. The third-order valence-electron chi connectivity index (χ3n) is 4.04. The number of carboxylic acid groups (broad SMARTS) is 1. The monoisotopic (exact) mass is 343 g/mol. The van der Waals surface area contributed by atoms with Gasteiger partial charge in [-0.05, 0) is 36.4 Å². The Kier molecular flexibility index (Phi) is 3.97. The molecule has 0 spiro atoms. The Hall–Kier alpha value is -3.26. The lowest BCUT2D eigenvalue weighted by atomic mass is 9.79. The fourth-order valence-electron chi connectivity index (χ4n) is 2.67. The highest BCUT2D eigenvalue weighted by molar-refractivity contribution is 6.24. The number of hydrazone groups is 1. The zero-order valence-corrected chi connectivity index (χ0v) is 12.8. The van der Waals surface area contributed by atoms with Crippen molar-refractivity contribution >= 4 is 23.7 Å². The average molecular weight is 343 g/mol. The number of anilines is 1. The second kappa shape index (κ2) is 5.99. The first-order valence-corrected chi connectivity index (χ1v) is 7.29. The first kappa shape index (κ1) is 16.6. The minimum Gasteiger partial charge on any atom is -0.508 e. The lowest BCUT2D eigenvalue weighted by molar-refractivity contribution is -0.142. The Morgan fingerprint density at radius 3 is 2.48 bits per heavy atom. The molecule has 8 heteroatoms. The summed E-state index contributed by atoms with van der Waals surface area (Å²) in [7, 11) is 0. The summed E-state index contributed by atoms with van der Waals surface area (Å²) < 4.78 is 13.1. The number of Topliss-reactive ketones (excluding diaryl/α,β-unsaturated/α-hetero) is 1. The van der Waals surface area contributed by atoms with Gasteiger partial charge in [0.25, 0.3) is 0 Å². The van der Waals surface area contributed by atoms with Crippen molar-refractivity contribution in [3.05, 3.63) is 59.9 Å². The quantitative estimate of drug-likeness (QED) is 0.573. The second-order valence-electron chi connectivity index (χ2n) is 5.56. The highest BCUT2D eigenvalue weighted by Crippen LogP contribution is 2.35. The van der Waals surface area contributed by atoms with Gasteiger partial charge in [0, 0.05) is 5.56 Å². The number of nitrogens with zero attached hydrogens (tertiary/aromatic N) is 2. The number of aromatic hydroxyl groups is 1. The average Bonchev–Trinajstić information content (AvgIpc) is 2.93. The van der Waals surface area contributed by atoms with E-state index >= 15 is 0 Å². The predicted octanol–water partition coefficient (Wildman–Crippen LogP) is 1.58. The van der Waals surface area contributed by atoms with Gasteiger partial charge < -0.3 is 15.9 Å². The molecule has 128 valence electrons. The molecule has 0 saturated carbocycles. The van der Waals surface area contributed by atoms with Crippen LogP contribution in [0.15, 0.2) is 53.6 Å². The van der Waals surface area contributed by atoms with Gasteiger partial charge in [0.05, 0.1) is 11.9 Å². The number of rotatable bonds is 4. The van der Waals surface area contributed by atoms with Crippen LogP contribution in [0.5, 0.6) is 5.75 Å². The van der Waals surface area contributed by atoms with Crippen LogP contribution < -0.4 is 10.7 Å². The zero-order chi connectivity index (χ0) is 18.2. The number of nitrogens with two attached hydrogens (primary N) is 1. The van der Waals surface area contributed by atoms with E-state index in [1.54, 1.807) is 0 Å². The van der Waals surface area contributed by atoms with Crippen molar-refractivity contribution in [3.8, 4) is 5.75 Å². The highest BCUT2D eigenvalue weighted by Gasteiger charge is 2.56. The van der Waals surface area contributed by atoms with E-state index in [9.17, 15) is 24.2 Å². The third-order valence-corrected chi connectivity index (χ3v) is 4.04. The Morgan fingerprint density at radius 1 is 1.20 bits per heavy atom. The summed E-state index contributed by atoms with van der Waals surface area (Å²) in [6.07, 6.45) is -0.374. The molecule has 25 heavy (non-hydrogen) atoms. The summed E-state index contributed by atoms with van der Waals surface area (Å²) in [6, 6.07) is 10.4. The number of carbonyl (C=O) groups excluding carboxylic acids is 1. The molecule has 2 atom stereocenters. The van der Waals surface area contributed by atoms with E-state index in [2.05, 4.69) is 5.10 Å². The number of hydrogen-bond acceptors (Lipinski definition) is 6. The molecule has 0 fully saturated rings. The van der Waals surface area contributed by atoms with Gasteiger partial charge in [-0.25, -0.2) is 9.40 Å². The van der Waals surface area contributed by atoms with Crippen LogP contribution in [0.4, 0.5) is 10.1 Å². The predicted molar refractivity (Wildman–Crippen MR) is 87.9 cm³/mol. The Morgan fingerprint density at radius 2 is 1.88 bits per heavy atom. The van der Waals surface area contributed by atoms with Gasteiger partial charge in [-0.15, -0.1) is 0 Å². The number of benzene rings is 2. The van der Waals surface area contributed by atoms with Crippen LogP contribution in [-0.2, 0) is 4.79 Å². The molecule has 2 aromatic carbocycles. The molecule has 1 aliphatic heterocycles. The van der Waals surface area contributed by atoms with Crippen LogP contribution in [0.3, 0.4) is 0 Å². The van der Waals surface area contributed by atoms with Gasteiger partial charge in [-0.1, -0.05) is 12.1 Å². The maximum atomic E-state index is 13.1. The molecule has 0 aliphatic carbocycles. The van der Waals surface area contributed by atoms with Gasteiger partial charge in [-0.3, -0.25) is 9.59 Å². The first-order chi connectivity index (χ1) is 11.9. The Labute approximate surface area is 141 Å². The van der Waals surface area contributed by atoms with Crippen molar-refractivity contribution in [2.24, 2.45) is 16.3 Å². The van der Waals surface area contributed by atoms with E-state index in [0.29, 0.717) is 5.69 Å². The minimum atomic E-state index is -2.14. The molecule has 0 amide bonds. The molecular weight excluding hydrogens is 329 g/mol. The molecule has 0 saturated heterocycles. The lowest BCUT2D eigenvalue weighted by Gasteiger charge is -2.30. The Bertz CT molecular complexity index is 868. The zero-order valence-electron chi connectivity index (χ0n) is 12.8. The number of phenols is 1. The maximum absolute atomic E-state index is 13.1. The third kappa shape index (κ3) is 2.62. The molecule has 1 aliphatic rings. The van der Waals surface area contributed by atoms with Gasteiger partial charge in [-0.2, -0.15) is 5.10 Å². The molecule has 2 unspecified atom stereocenters. The van der Waals surface area contributed by atoms with Crippen LogP contribution >= 0.6 is 0 Å². The fraction of sp³-hybridized carbons (Fsp3) is 0.118.